The summed E-state index contributed by atoms with van der Waals surface area (Å²) in [5.41, 5.74) is 14.9. The zero-order chi connectivity index (χ0) is 42.8. The minimum absolute atomic E-state index is 0.417. The molecule has 13 rings (SSSR count). The summed E-state index contributed by atoms with van der Waals surface area (Å²) < 4.78 is 5.14. The Kier molecular flexibility index (Phi) is 8.99. The van der Waals surface area contributed by atoms with Crippen LogP contribution in [0.15, 0.2) is 231 Å². The van der Waals surface area contributed by atoms with E-state index in [1.165, 1.54) is 114 Å². The predicted octanol–water partition coefficient (Wildman–Crippen LogP) is 18.1. The molecule has 65 heavy (non-hydrogen) atoms. The van der Waals surface area contributed by atoms with Crippen LogP contribution >= 0.6 is 11.3 Å². The van der Waals surface area contributed by atoms with Gasteiger partial charge in [0, 0.05) is 48.1 Å². The Labute approximate surface area is 382 Å². The van der Waals surface area contributed by atoms with Crippen LogP contribution in [0.4, 0.5) is 0 Å². The highest BCUT2D eigenvalue weighted by Crippen LogP contribution is 2.47. The summed E-state index contributed by atoms with van der Waals surface area (Å²) in [5.74, 6) is 0.417. The van der Waals surface area contributed by atoms with E-state index >= 15 is 0 Å². The van der Waals surface area contributed by atoms with Crippen molar-refractivity contribution in [3.8, 4) is 50.2 Å². The van der Waals surface area contributed by atoms with Crippen LogP contribution in [0.1, 0.15) is 24.3 Å². The summed E-state index contributed by atoms with van der Waals surface area (Å²) >= 11 is 1.92. The highest BCUT2D eigenvalue weighted by Gasteiger charge is 2.21. The molecule has 306 valence electrons. The van der Waals surface area contributed by atoms with E-state index in [0.29, 0.717) is 5.92 Å². The summed E-state index contributed by atoms with van der Waals surface area (Å²) in [5, 5.41) is 10.2. The second-order valence-corrected chi connectivity index (χ2v) is 18.5. The van der Waals surface area contributed by atoms with E-state index in [0.717, 1.165) is 18.5 Å². The molecule has 0 saturated carbocycles. The van der Waals surface area contributed by atoms with Crippen molar-refractivity contribution in [1.29, 1.82) is 0 Å². The molecule has 1 aliphatic carbocycles. The molecule has 1 atom stereocenters. The van der Waals surface area contributed by atoms with E-state index in [4.69, 9.17) is 0 Å². The SMILES string of the molecule is C1=CCCC(c2ccc3sc4c(-c5ccc6c(c5)c5ccccc5n6-c5cccc(-c6c7ccccc7c(-c7ccccc7)c7ccccc67)c5)cc(-c5ccccc5)cc4c3c2)C=C1. The van der Waals surface area contributed by atoms with E-state index in [1.807, 2.05) is 11.3 Å². The van der Waals surface area contributed by atoms with Crippen LogP contribution in [0, 0.1) is 0 Å². The molecule has 0 saturated heterocycles. The van der Waals surface area contributed by atoms with Crippen LogP contribution < -0.4 is 0 Å². The molecule has 2 heterocycles. The molecule has 0 amide bonds. The van der Waals surface area contributed by atoms with Crippen molar-refractivity contribution >= 4 is 74.9 Å². The van der Waals surface area contributed by atoms with Gasteiger partial charge in [0.2, 0.25) is 0 Å². The summed E-state index contributed by atoms with van der Waals surface area (Å²) in [7, 11) is 0. The first-order valence-corrected chi connectivity index (χ1v) is 23.6. The number of fused-ring (bicyclic) bond motifs is 8. The maximum atomic E-state index is 2.47. The molecule has 0 fully saturated rings. The number of thiophene rings is 1. The Morgan fingerprint density at radius 2 is 1.03 bits per heavy atom. The van der Waals surface area contributed by atoms with Crippen LogP contribution in [-0.2, 0) is 0 Å². The lowest BCUT2D eigenvalue weighted by atomic mass is 9.86. The smallest absolute Gasteiger partial charge is 0.0541 e. The Bertz CT molecular complexity index is 3830. The highest BCUT2D eigenvalue weighted by molar-refractivity contribution is 7.26. The molecular weight excluding hydrogens is 803 g/mol. The van der Waals surface area contributed by atoms with Gasteiger partial charge in [0.15, 0.2) is 0 Å². The summed E-state index contributed by atoms with van der Waals surface area (Å²) in [4.78, 5) is 0. The number of rotatable bonds is 6. The lowest BCUT2D eigenvalue weighted by Gasteiger charge is -2.18. The van der Waals surface area contributed by atoms with Crippen molar-refractivity contribution in [3.05, 3.63) is 236 Å². The summed E-state index contributed by atoms with van der Waals surface area (Å²) in [6, 6.07) is 76.9. The third kappa shape index (κ3) is 6.28. The molecular formula is C63H43NS. The molecule has 2 aromatic heterocycles. The Balaban J connectivity index is 0.996. The van der Waals surface area contributed by atoms with Crippen LogP contribution in [0.25, 0.3) is 114 Å². The molecule has 10 aromatic carbocycles. The summed E-state index contributed by atoms with van der Waals surface area (Å²) in [6.45, 7) is 0. The molecule has 1 aliphatic rings. The van der Waals surface area contributed by atoms with Gasteiger partial charge in [-0.1, -0.05) is 176 Å². The monoisotopic (exact) mass is 845 g/mol. The number of allylic oxidation sites excluding steroid dienone is 4. The van der Waals surface area contributed by atoms with E-state index in [-0.39, 0.29) is 0 Å². The van der Waals surface area contributed by atoms with Crippen molar-refractivity contribution in [2.75, 3.05) is 0 Å². The van der Waals surface area contributed by atoms with E-state index < -0.39 is 0 Å². The maximum Gasteiger partial charge on any atom is 0.0541 e. The Morgan fingerprint density at radius 1 is 0.400 bits per heavy atom. The van der Waals surface area contributed by atoms with Crippen LogP contribution in [0.5, 0.6) is 0 Å². The molecule has 0 bridgehead atoms. The topological polar surface area (TPSA) is 4.93 Å². The molecule has 1 unspecified atom stereocenters. The van der Waals surface area contributed by atoms with Gasteiger partial charge in [-0.25, -0.2) is 0 Å². The fourth-order valence-electron chi connectivity index (χ4n) is 10.7. The molecule has 0 N–H and O–H groups in total. The maximum absolute atomic E-state index is 2.47. The quantitative estimate of drug-likeness (QED) is 0.147. The first-order chi connectivity index (χ1) is 32.2. The highest BCUT2D eigenvalue weighted by atomic mass is 32.1. The van der Waals surface area contributed by atoms with Gasteiger partial charge in [-0.15, -0.1) is 11.3 Å². The molecule has 0 spiro atoms. The zero-order valence-corrected chi connectivity index (χ0v) is 36.6. The van der Waals surface area contributed by atoms with Gasteiger partial charge in [0.05, 0.1) is 11.0 Å². The first kappa shape index (κ1) is 37.7. The minimum Gasteiger partial charge on any atom is -0.309 e. The lowest BCUT2D eigenvalue weighted by Crippen LogP contribution is -1.95. The van der Waals surface area contributed by atoms with Gasteiger partial charge in [-0.2, -0.15) is 0 Å². The molecule has 2 heteroatoms. The normalized spacial score (nSPS) is 14.1. The van der Waals surface area contributed by atoms with Crippen molar-refractivity contribution in [3.63, 3.8) is 0 Å². The molecule has 0 aliphatic heterocycles. The number of para-hydroxylation sites is 1. The van der Waals surface area contributed by atoms with Crippen molar-refractivity contribution < 1.29 is 0 Å². The van der Waals surface area contributed by atoms with Crippen LogP contribution in [0.2, 0.25) is 0 Å². The summed E-state index contributed by atoms with van der Waals surface area (Å²) in [6.07, 6.45) is 11.3. The zero-order valence-electron chi connectivity index (χ0n) is 35.8. The predicted molar refractivity (Wildman–Crippen MR) is 281 cm³/mol. The second-order valence-electron chi connectivity index (χ2n) is 17.5. The average Bonchev–Trinajstić information content (AvgIpc) is 3.77. The third-order valence-corrected chi connectivity index (χ3v) is 15.0. The van der Waals surface area contributed by atoms with Crippen LogP contribution in [-0.4, -0.2) is 4.57 Å². The largest absolute Gasteiger partial charge is 0.309 e. The first-order valence-electron chi connectivity index (χ1n) is 22.8. The molecule has 1 nitrogen and oxygen atoms in total. The fraction of sp³-hybridized carbons (Fsp3) is 0.0476. The van der Waals surface area contributed by atoms with Gasteiger partial charge in [-0.3, -0.25) is 0 Å². The minimum atomic E-state index is 0.417. The van der Waals surface area contributed by atoms with Gasteiger partial charge in [-0.05, 0) is 133 Å². The molecule has 12 aromatic rings. The van der Waals surface area contributed by atoms with Gasteiger partial charge < -0.3 is 4.57 Å². The van der Waals surface area contributed by atoms with Crippen molar-refractivity contribution in [2.24, 2.45) is 0 Å². The third-order valence-electron chi connectivity index (χ3n) is 13.7. The number of aromatic nitrogens is 1. The Morgan fingerprint density at radius 3 is 1.78 bits per heavy atom. The number of nitrogens with zero attached hydrogens (tertiary/aromatic N) is 1. The Hall–Kier alpha value is -7.78. The number of hydrogen-bond acceptors (Lipinski definition) is 1. The lowest BCUT2D eigenvalue weighted by molar-refractivity contribution is 0.757. The fourth-order valence-corrected chi connectivity index (χ4v) is 11.9. The standard InChI is InChI=1S/C63H43NS/c1-2-6-19-41(18-5-1)44-33-35-60-56(37-44)57-40-47(42-20-7-3-8-21-42)39-54(63(57)65-60)45-32-34-59-55(38-45)49-26-15-16-31-58(49)64(59)48-25-17-24-46(36-48)62-52-29-13-11-27-50(52)61(43-22-9-4-10-23-43)51-28-12-14-30-53(51)62/h1-5,7-18,20-41H,6,19H2. The number of benzene rings is 10. The van der Waals surface area contributed by atoms with Crippen molar-refractivity contribution in [2.45, 2.75) is 18.8 Å². The van der Waals surface area contributed by atoms with E-state index in [9.17, 15) is 0 Å². The van der Waals surface area contributed by atoms with Gasteiger partial charge in [0.1, 0.15) is 0 Å². The second kappa shape index (κ2) is 15.5. The van der Waals surface area contributed by atoms with Gasteiger partial charge >= 0.3 is 0 Å². The average molecular weight is 846 g/mol. The van der Waals surface area contributed by atoms with Crippen LogP contribution in [0.3, 0.4) is 0 Å². The molecule has 0 radical (unpaired) electrons. The van der Waals surface area contributed by atoms with Gasteiger partial charge in [0.25, 0.3) is 0 Å². The van der Waals surface area contributed by atoms with E-state index in [1.54, 1.807) is 0 Å². The van der Waals surface area contributed by atoms with Crippen molar-refractivity contribution in [1.82, 2.24) is 4.57 Å². The van der Waals surface area contributed by atoms with E-state index in [2.05, 4.69) is 235 Å². The number of hydrogen-bond donors (Lipinski definition) is 0.